The minimum absolute atomic E-state index is 0.0527. The molecule has 0 spiro atoms. The number of allylic oxidation sites excluding steroid dienone is 16. The number of hydrogen-bond donors (Lipinski definition) is 0. The van der Waals surface area contributed by atoms with Gasteiger partial charge in [-0.3, -0.25) is 14.2 Å². The summed E-state index contributed by atoms with van der Waals surface area (Å²) >= 11 is 0. The Morgan fingerprint density at radius 2 is 1.13 bits per heavy atom. The second-order valence-electron chi connectivity index (χ2n) is 13.7. The Bertz CT molecular complexity index is 1220. The number of esters is 2. The van der Waals surface area contributed by atoms with E-state index in [-0.39, 0.29) is 26.1 Å². The van der Waals surface area contributed by atoms with Gasteiger partial charge in [-0.2, -0.15) is 0 Å². The van der Waals surface area contributed by atoms with Gasteiger partial charge in [0.05, 0.1) is 27.7 Å². The molecule has 300 valence electrons. The summed E-state index contributed by atoms with van der Waals surface area (Å²) in [6, 6.07) is 0. The molecule has 0 radical (unpaired) electrons. The fraction of sp³-hybridized carbons (Fsp3) is 0.581. The number of unbranched alkanes of at least 4 members (excludes halogenated alkanes) is 7. The fourth-order valence-corrected chi connectivity index (χ4v) is 5.19. The summed E-state index contributed by atoms with van der Waals surface area (Å²) in [5, 5.41) is 0. The van der Waals surface area contributed by atoms with Crippen LogP contribution in [0.25, 0.3) is 0 Å². The quantitative estimate of drug-likeness (QED) is 0.0162. The van der Waals surface area contributed by atoms with E-state index in [2.05, 4.69) is 56.4 Å². The van der Waals surface area contributed by atoms with Crippen molar-refractivity contribution < 1.29 is 42.1 Å². The van der Waals surface area contributed by atoms with E-state index >= 15 is 0 Å². The van der Waals surface area contributed by atoms with Crippen LogP contribution >= 0.6 is 7.82 Å². The molecule has 2 atom stereocenters. The lowest BCUT2D eigenvalue weighted by atomic mass is 10.1. The molecule has 0 saturated heterocycles. The highest BCUT2D eigenvalue weighted by Crippen LogP contribution is 2.38. The summed E-state index contributed by atoms with van der Waals surface area (Å²) in [5.74, 6) is -0.951. The molecule has 9 nitrogen and oxygen atoms in total. The summed E-state index contributed by atoms with van der Waals surface area (Å²) in [6.07, 6.45) is 44.5. The minimum atomic E-state index is -4.65. The van der Waals surface area contributed by atoms with Gasteiger partial charge >= 0.3 is 11.9 Å². The molecule has 0 fully saturated rings. The molecule has 0 aromatic rings. The Morgan fingerprint density at radius 3 is 1.77 bits per heavy atom. The fourth-order valence-electron chi connectivity index (χ4n) is 4.46. The van der Waals surface area contributed by atoms with E-state index in [1.165, 1.54) is 0 Å². The van der Waals surface area contributed by atoms with Crippen molar-refractivity contribution in [2.75, 3.05) is 47.5 Å². The van der Waals surface area contributed by atoms with Gasteiger partial charge in [-0.25, -0.2) is 0 Å². The van der Waals surface area contributed by atoms with Gasteiger partial charge in [-0.05, 0) is 57.8 Å². The molecule has 53 heavy (non-hydrogen) atoms. The molecule has 0 heterocycles. The minimum Gasteiger partial charge on any atom is -0.756 e. The van der Waals surface area contributed by atoms with Crippen molar-refractivity contribution >= 4 is 19.8 Å². The summed E-state index contributed by atoms with van der Waals surface area (Å²) in [6.45, 7) is 3.82. The van der Waals surface area contributed by atoms with Crippen molar-refractivity contribution in [3.8, 4) is 0 Å². The second-order valence-corrected chi connectivity index (χ2v) is 15.1. The van der Waals surface area contributed by atoms with Gasteiger partial charge < -0.3 is 27.9 Å². The van der Waals surface area contributed by atoms with Crippen LogP contribution in [0.2, 0.25) is 0 Å². The van der Waals surface area contributed by atoms with E-state index in [0.29, 0.717) is 30.3 Å². The zero-order valence-electron chi connectivity index (χ0n) is 33.4. The molecule has 2 unspecified atom stereocenters. The molecule has 0 aliphatic rings. The Kier molecular flexibility index (Phi) is 32.7. The predicted octanol–water partition coefficient (Wildman–Crippen LogP) is 9.99. The maximum atomic E-state index is 12.6. The Balaban J connectivity index is 4.57. The van der Waals surface area contributed by atoms with Gasteiger partial charge in [0.15, 0.2) is 6.10 Å². The summed E-state index contributed by atoms with van der Waals surface area (Å²) in [5.41, 5.74) is 0. The molecule has 0 aliphatic heterocycles. The monoisotopic (exact) mass is 759 g/mol. The number of ether oxygens (including phenoxy) is 2. The van der Waals surface area contributed by atoms with Crippen molar-refractivity contribution in [1.82, 2.24) is 0 Å². The summed E-state index contributed by atoms with van der Waals surface area (Å²) in [7, 11) is 1.09. The molecule has 0 aromatic carbocycles. The number of likely N-dealkylation sites (N-methyl/N-ethyl adjacent to an activating group) is 1. The maximum absolute atomic E-state index is 12.6. The highest BCUT2D eigenvalue weighted by atomic mass is 31.2. The second kappa shape index (κ2) is 34.7. The molecular weight excluding hydrogens is 689 g/mol. The lowest BCUT2D eigenvalue weighted by molar-refractivity contribution is -0.870. The Hall–Kier alpha value is -3.07. The summed E-state index contributed by atoms with van der Waals surface area (Å²) < 4.78 is 33.7. The van der Waals surface area contributed by atoms with Crippen LogP contribution in [0.5, 0.6) is 0 Å². The first kappa shape index (κ1) is 49.9. The van der Waals surface area contributed by atoms with Crippen molar-refractivity contribution in [2.45, 2.75) is 116 Å². The van der Waals surface area contributed by atoms with Gasteiger partial charge in [0, 0.05) is 12.8 Å². The first-order valence-corrected chi connectivity index (χ1v) is 21.0. The van der Waals surface area contributed by atoms with Gasteiger partial charge in [0.1, 0.15) is 19.8 Å². The average molecular weight is 760 g/mol. The molecule has 10 heteroatoms. The van der Waals surface area contributed by atoms with Crippen LogP contribution in [-0.2, 0) is 32.7 Å². The van der Waals surface area contributed by atoms with E-state index in [1.807, 2.05) is 75.8 Å². The zero-order chi connectivity index (χ0) is 39.3. The topological polar surface area (TPSA) is 111 Å². The van der Waals surface area contributed by atoms with Crippen molar-refractivity contribution in [3.63, 3.8) is 0 Å². The lowest BCUT2D eigenvalue weighted by Crippen LogP contribution is -2.37. The van der Waals surface area contributed by atoms with E-state index in [0.717, 1.165) is 64.2 Å². The van der Waals surface area contributed by atoms with Crippen LogP contribution in [0, 0.1) is 0 Å². The van der Waals surface area contributed by atoms with Crippen LogP contribution in [0.1, 0.15) is 110 Å². The average Bonchev–Trinajstić information content (AvgIpc) is 3.10. The van der Waals surface area contributed by atoms with Gasteiger partial charge in [-0.1, -0.05) is 137 Å². The van der Waals surface area contributed by atoms with Gasteiger partial charge in [0.25, 0.3) is 7.82 Å². The maximum Gasteiger partial charge on any atom is 0.306 e. The molecule has 0 aliphatic carbocycles. The Morgan fingerprint density at radius 1 is 0.604 bits per heavy atom. The third-order valence-electron chi connectivity index (χ3n) is 7.48. The van der Waals surface area contributed by atoms with Gasteiger partial charge in [-0.15, -0.1) is 0 Å². The smallest absolute Gasteiger partial charge is 0.306 e. The molecule has 0 saturated carbocycles. The van der Waals surface area contributed by atoms with Crippen LogP contribution in [0.3, 0.4) is 0 Å². The number of carbonyl (C=O) groups excluding carboxylic acids is 2. The van der Waals surface area contributed by atoms with Crippen LogP contribution < -0.4 is 4.89 Å². The molecule has 0 bridgehead atoms. The predicted molar refractivity (Wildman–Crippen MR) is 217 cm³/mol. The third kappa shape index (κ3) is 38.5. The molecule has 0 amide bonds. The molecule has 0 aromatic heterocycles. The first-order valence-electron chi connectivity index (χ1n) is 19.5. The van der Waals surface area contributed by atoms with E-state index in [9.17, 15) is 19.0 Å². The highest BCUT2D eigenvalue weighted by molar-refractivity contribution is 7.45. The van der Waals surface area contributed by atoms with Crippen molar-refractivity contribution in [2.24, 2.45) is 0 Å². The van der Waals surface area contributed by atoms with Crippen molar-refractivity contribution in [3.05, 3.63) is 97.2 Å². The van der Waals surface area contributed by atoms with Crippen molar-refractivity contribution in [1.29, 1.82) is 0 Å². The summed E-state index contributed by atoms with van der Waals surface area (Å²) in [4.78, 5) is 37.3. The number of hydrogen-bond acceptors (Lipinski definition) is 8. The number of phosphoric acid groups is 1. The van der Waals surface area contributed by atoms with Crippen LogP contribution in [-0.4, -0.2) is 70.0 Å². The number of phosphoric ester groups is 1. The standard InChI is InChI=1S/C43H70NO8P/c1-6-8-10-12-14-16-18-20-21-22-24-25-27-29-31-33-35-42(45)49-39-41(40-51-53(47,48)50-38-37-44(3,4)5)52-43(46)36-34-32-30-28-26-23-19-17-15-13-11-9-7-2/h8-11,13-17,19-21,23,26,28,30,41H,6-7,12,18,22,24-25,27,29,31-40H2,1-5H3/b10-8+,11-9+,15-13+,16-14+,19-17+,21-20+,26-23+,30-28+. The van der Waals surface area contributed by atoms with E-state index < -0.39 is 32.5 Å². The molecule has 0 rings (SSSR count). The first-order chi connectivity index (χ1) is 25.5. The highest BCUT2D eigenvalue weighted by Gasteiger charge is 2.21. The normalized spacial score (nSPS) is 14.8. The lowest BCUT2D eigenvalue weighted by Gasteiger charge is -2.28. The zero-order valence-corrected chi connectivity index (χ0v) is 34.3. The SMILES string of the molecule is CC/C=C/C=C/C=C/C=C/C=C/CCCC(=O)OC(COC(=O)CCCCCCCC/C=C/C/C=C/C/C=C/CC)COP(=O)([O-])OCC[N+](C)(C)C. The number of carbonyl (C=O) groups is 2. The molecular formula is C43H70NO8P. The van der Waals surface area contributed by atoms with E-state index in [1.54, 1.807) is 0 Å². The largest absolute Gasteiger partial charge is 0.756 e. The number of quaternary nitrogens is 1. The van der Waals surface area contributed by atoms with Crippen LogP contribution in [0.4, 0.5) is 0 Å². The molecule has 0 N–H and O–H groups in total. The number of nitrogens with zero attached hydrogens (tertiary/aromatic N) is 1. The van der Waals surface area contributed by atoms with E-state index in [4.69, 9.17) is 18.5 Å². The number of rotatable bonds is 33. The van der Waals surface area contributed by atoms with Crippen LogP contribution in [0.15, 0.2) is 97.2 Å². The Labute approximate surface area is 322 Å². The third-order valence-corrected chi connectivity index (χ3v) is 8.44. The van der Waals surface area contributed by atoms with Gasteiger partial charge in [0.2, 0.25) is 0 Å².